The minimum atomic E-state index is -1.06. The molecule has 0 aliphatic heterocycles. The maximum absolute atomic E-state index is 10.7. The number of esters is 1. The highest BCUT2D eigenvalue weighted by Gasteiger charge is 2.19. The Hall–Kier alpha value is -1.39. The van der Waals surface area contributed by atoms with Gasteiger partial charge in [-0.2, -0.15) is 0 Å². The van der Waals surface area contributed by atoms with Crippen LogP contribution >= 0.6 is 0 Å². The highest BCUT2D eigenvalue weighted by atomic mass is 16.5. The van der Waals surface area contributed by atoms with Crippen molar-refractivity contribution >= 4 is 5.97 Å². The topological polar surface area (TPSA) is 66.8 Å². The Kier molecular flexibility index (Phi) is 8.90. The fraction of sp³-hybridized carbons (Fsp3) is 0.588. The average molecular weight is 296 g/mol. The summed E-state index contributed by atoms with van der Waals surface area (Å²) in [6, 6.07) is 0. The van der Waals surface area contributed by atoms with E-state index in [1.807, 2.05) is 19.9 Å². The highest BCUT2D eigenvalue weighted by Crippen LogP contribution is 2.16. The van der Waals surface area contributed by atoms with E-state index in [-0.39, 0.29) is 12.4 Å². The molecule has 0 fully saturated rings. The SMILES string of the molecule is C=C[C@@](C)(O)CC(O)/C=C(\C)CC/C=C(\C)COC(C)=O. The largest absolute Gasteiger partial charge is 0.461 e. The first-order valence-electron chi connectivity index (χ1n) is 7.16. The van der Waals surface area contributed by atoms with Gasteiger partial charge in [0.25, 0.3) is 0 Å². The molecule has 0 heterocycles. The lowest BCUT2D eigenvalue weighted by atomic mass is 9.97. The van der Waals surface area contributed by atoms with Gasteiger partial charge in [-0.3, -0.25) is 4.79 Å². The molecule has 0 aliphatic carbocycles. The second-order valence-electron chi connectivity index (χ2n) is 5.72. The maximum Gasteiger partial charge on any atom is 0.302 e. The van der Waals surface area contributed by atoms with Gasteiger partial charge in [-0.05, 0) is 39.2 Å². The second-order valence-corrected chi connectivity index (χ2v) is 5.72. The summed E-state index contributed by atoms with van der Waals surface area (Å²) in [7, 11) is 0. The van der Waals surface area contributed by atoms with E-state index in [9.17, 15) is 15.0 Å². The molecule has 4 nitrogen and oxygen atoms in total. The number of ether oxygens (including phenoxy) is 1. The smallest absolute Gasteiger partial charge is 0.302 e. The summed E-state index contributed by atoms with van der Waals surface area (Å²) in [5.74, 6) is -0.281. The van der Waals surface area contributed by atoms with E-state index in [4.69, 9.17) is 4.74 Å². The number of carbonyl (C=O) groups is 1. The van der Waals surface area contributed by atoms with Gasteiger partial charge in [0.15, 0.2) is 0 Å². The summed E-state index contributed by atoms with van der Waals surface area (Å²) >= 11 is 0. The molecule has 0 amide bonds. The Morgan fingerprint density at radius 3 is 2.48 bits per heavy atom. The van der Waals surface area contributed by atoms with Crippen LogP contribution in [0.15, 0.2) is 36.0 Å². The quantitative estimate of drug-likeness (QED) is 0.507. The van der Waals surface area contributed by atoms with Crippen LogP contribution in [0.5, 0.6) is 0 Å². The van der Waals surface area contributed by atoms with Crippen molar-refractivity contribution in [3.8, 4) is 0 Å². The van der Waals surface area contributed by atoms with Gasteiger partial charge in [0.05, 0.1) is 11.7 Å². The number of aliphatic hydroxyl groups excluding tert-OH is 1. The van der Waals surface area contributed by atoms with Crippen molar-refractivity contribution in [3.05, 3.63) is 36.0 Å². The molecule has 4 heteroatoms. The zero-order valence-corrected chi connectivity index (χ0v) is 13.6. The first kappa shape index (κ1) is 19.6. The molecule has 1 unspecified atom stereocenters. The predicted molar refractivity (Wildman–Crippen MR) is 84.8 cm³/mol. The lowest BCUT2D eigenvalue weighted by molar-refractivity contribution is -0.139. The Balaban J connectivity index is 4.21. The zero-order valence-electron chi connectivity index (χ0n) is 13.6. The summed E-state index contributed by atoms with van der Waals surface area (Å²) < 4.78 is 4.89. The van der Waals surface area contributed by atoms with Crippen molar-refractivity contribution in [2.75, 3.05) is 6.61 Å². The van der Waals surface area contributed by atoms with Crippen molar-refractivity contribution in [2.24, 2.45) is 0 Å². The summed E-state index contributed by atoms with van der Waals surface area (Å²) in [6.45, 7) is 10.7. The van der Waals surface area contributed by atoms with Crippen molar-refractivity contribution < 1.29 is 19.7 Å². The van der Waals surface area contributed by atoms with Gasteiger partial charge in [0.2, 0.25) is 0 Å². The molecule has 0 bridgehead atoms. The minimum absolute atomic E-state index is 0.231. The van der Waals surface area contributed by atoms with E-state index in [1.165, 1.54) is 13.0 Å². The molecular weight excluding hydrogens is 268 g/mol. The van der Waals surface area contributed by atoms with E-state index in [0.29, 0.717) is 6.61 Å². The lowest BCUT2D eigenvalue weighted by Crippen LogP contribution is -2.26. The van der Waals surface area contributed by atoms with Crippen molar-refractivity contribution in [3.63, 3.8) is 0 Å². The number of carbonyl (C=O) groups excluding carboxylic acids is 1. The molecule has 0 aromatic heterocycles. The summed E-state index contributed by atoms with van der Waals surface area (Å²) in [4.78, 5) is 10.7. The summed E-state index contributed by atoms with van der Waals surface area (Å²) in [5, 5.41) is 19.7. The fourth-order valence-electron chi connectivity index (χ4n) is 1.80. The van der Waals surface area contributed by atoms with Crippen LogP contribution in [-0.4, -0.2) is 34.5 Å². The molecule has 0 spiro atoms. The van der Waals surface area contributed by atoms with E-state index < -0.39 is 11.7 Å². The lowest BCUT2D eigenvalue weighted by Gasteiger charge is -2.20. The van der Waals surface area contributed by atoms with E-state index in [1.54, 1.807) is 13.0 Å². The molecule has 0 aromatic carbocycles. The van der Waals surface area contributed by atoms with Crippen molar-refractivity contribution in [1.29, 1.82) is 0 Å². The summed E-state index contributed by atoms with van der Waals surface area (Å²) in [6.07, 6.45) is 6.38. The normalized spacial score (nSPS) is 17.0. The van der Waals surface area contributed by atoms with Crippen molar-refractivity contribution in [1.82, 2.24) is 0 Å². The third kappa shape index (κ3) is 11.0. The number of allylic oxidation sites excluding steroid dienone is 2. The molecule has 0 aromatic rings. The Labute approximate surface area is 127 Å². The molecule has 2 atom stereocenters. The van der Waals surface area contributed by atoms with Gasteiger partial charge in [0.1, 0.15) is 6.61 Å². The predicted octanol–water partition coefficient (Wildman–Crippen LogP) is 2.91. The number of hydrogen-bond donors (Lipinski definition) is 2. The molecule has 2 N–H and O–H groups in total. The number of hydrogen-bond acceptors (Lipinski definition) is 4. The van der Waals surface area contributed by atoms with Crippen LogP contribution in [0.2, 0.25) is 0 Å². The number of rotatable bonds is 9. The molecule has 21 heavy (non-hydrogen) atoms. The van der Waals surface area contributed by atoms with Gasteiger partial charge in [-0.15, -0.1) is 6.58 Å². The average Bonchev–Trinajstić information content (AvgIpc) is 2.35. The monoisotopic (exact) mass is 296 g/mol. The fourth-order valence-corrected chi connectivity index (χ4v) is 1.80. The van der Waals surface area contributed by atoms with Crippen LogP contribution in [0, 0.1) is 0 Å². The van der Waals surface area contributed by atoms with Gasteiger partial charge < -0.3 is 14.9 Å². The third-order valence-corrected chi connectivity index (χ3v) is 3.07. The zero-order chi connectivity index (χ0) is 16.5. The van der Waals surface area contributed by atoms with Gasteiger partial charge in [-0.25, -0.2) is 0 Å². The molecule has 0 aliphatic rings. The standard InChI is InChI=1S/C17H28O4/c1-6-17(5,20)11-16(19)10-13(2)8-7-9-14(3)12-21-15(4)18/h6,9-10,16,19-20H,1,7-8,11-12H2,2-5H3/b13-10+,14-9+/t16?,17-/m1/s1. The molecule has 0 radical (unpaired) electrons. The van der Waals surface area contributed by atoms with Gasteiger partial charge in [0, 0.05) is 13.3 Å². The van der Waals surface area contributed by atoms with Crippen LogP contribution < -0.4 is 0 Å². The second kappa shape index (κ2) is 9.53. The molecule has 0 saturated carbocycles. The highest BCUT2D eigenvalue weighted by molar-refractivity contribution is 5.66. The molecule has 120 valence electrons. The van der Waals surface area contributed by atoms with Crippen LogP contribution in [0.25, 0.3) is 0 Å². The maximum atomic E-state index is 10.7. The first-order valence-corrected chi connectivity index (χ1v) is 7.16. The Morgan fingerprint density at radius 1 is 1.33 bits per heavy atom. The first-order chi connectivity index (χ1) is 9.66. The van der Waals surface area contributed by atoms with Crippen LogP contribution in [0.1, 0.15) is 47.0 Å². The van der Waals surface area contributed by atoms with Crippen LogP contribution in [0.3, 0.4) is 0 Å². The molecule has 0 rings (SSSR count). The Bertz CT molecular complexity index is 405. The van der Waals surface area contributed by atoms with Crippen LogP contribution in [0.4, 0.5) is 0 Å². The Morgan fingerprint density at radius 2 is 1.95 bits per heavy atom. The summed E-state index contributed by atoms with van der Waals surface area (Å²) in [5.41, 5.74) is 1.00. The van der Waals surface area contributed by atoms with Gasteiger partial charge in [-0.1, -0.05) is 23.8 Å². The minimum Gasteiger partial charge on any atom is -0.461 e. The number of aliphatic hydroxyl groups is 2. The van der Waals surface area contributed by atoms with E-state index >= 15 is 0 Å². The molecular formula is C17H28O4. The molecule has 0 saturated heterocycles. The van der Waals surface area contributed by atoms with E-state index in [2.05, 4.69) is 6.58 Å². The van der Waals surface area contributed by atoms with Crippen molar-refractivity contribution in [2.45, 2.75) is 58.7 Å². The van der Waals surface area contributed by atoms with Crippen LogP contribution in [-0.2, 0) is 9.53 Å². The van der Waals surface area contributed by atoms with E-state index in [0.717, 1.165) is 24.0 Å². The third-order valence-electron chi connectivity index (χ3n) is 3.07. The van der Waals surface area contributed by atoms with Gasteiger partial charge >= 0.3 is 5.97 Å².